The van der Waals surface area contributed by atoms with E-state index in [0.29, 0.717) is 22.2 Å². The lowest BCUT2D eigenvalue weighted by atomic mass is 9.93. The second-order valence-corrected chi connectivity index (χ2v) is 11.0. The van der Waals surface area contributed by atoms with E-state index in [4.69, 9.17) is 0 Å². The molecule has 0 radical (unpaired) electrons. The van der Waals surface area contributed by atoms with Crippen molar-refractivity contribution in [2.75, 3.05) is 7.05 Å². The maximum Gasteiger partial charge on any atom is 0.330 e. The summed E-state index contributed by atoms with van der Waals surface area (Å²) in [6.07, 6.45) is 4.57. The molecule has 188 valence electrons. The first-order valence-corrected chi connectivity index (χ1v) is 13.3. The summed E-state index contributed by atoms with van der Waals surface area (Å²) >= 11 is 0. The summed E-state index contributed by atoms with van der Waals surface area (Å²) in [7, 11) is -2.15. The van der Waals surface area contributed by atoms with Gasteiger partial charge in [-0.2, -0.15) is 13.5 Å². The molecule has 11 heteroatoms. The largest absolute Gasteiger partial charge is 0.479 e. The van der Waals surface area contributed by atoms with Crippen LogP contribution in [-0.4, -0.2) is 52.7 Å². The molecule has 5 rings (SSSR count). The van der Waals surface area contributed by atoms with Gasteiger partial charge in [-0.25, -0.2) is 14.6 Å². The SMILES string of the molecule is CCC(C)(C(=O)O)n1c(=O)n(C2CCC2)c2cc(/C=N/N(C)C3=NS(=O)(=O)c4ccccc43)ccc21. The number of benzene rings is 2. The third-order valence-corrected chi connectivity index (χ3v) is 8.60. The number of hydrogen-bond donors (Lipinski definition) is 1. The highest BCUT2D eigenvalue weighted by molar-refractivity contribution is 7.90. The first kappa shape index (κ1) is 24.0. The summed E-state index contributed by atoms with van der Waals surface area (Å²) < 4.78 is 31.7. The number of aromatic nitrogens is 2. The summed E-state index contributed by atoms with van der Waals surface area (Å²) in [5.41, 5.74) is 0.681. The van der Waals surface area contributed by atoms with Crippen LogP contribution in [0.25, 0.3) is 11.0 Å². The van der Waals surface area contributed by atoms with Gasteiger partial charge in [0, 0.05) is 18.7 Å². The molecule has 1 aliphatic carbocycles. The maximum absolute atomic E-state index is 13.5. The van der Waals surface area contributed by atoms with E-state index in [0.717, 1.165) is 19.3 Å². The van der Waals surface area contributed by atoms with Crippen LogP contribution in [-0.2, 0) is 20.4 Å². The minimum atomic E-state index is -3.77. The van der Waals surface area contributed by atoms with Crippen molar-refractivity contribution in [2.24, 2.45) is 9.50 Å². The number of nitrogens with zero attached hydrogens (tertiary/aromatic N) is 5. The number of imidazole rings is 1. The highest BCUT2D eigenvalue weighted by atomic mass is 32.2. The van der Waals surface area contributed by atoms with Crippen molar-refractivity contribution in [1.82, 2.24) is 14.1 Å². The Balaban J connectivity index is 1.57. The topological polar surface area (TPSA) is 126 Å². The predicted octanol–water partition coefficient (Wildman–Crippen LogP) is 3.15. The van der Waals surface area contributed by atoms with Crippen LogP contribution in [0.3, 0.4) is 0 Å². The molecular formula is C25H27N5O5S. The normalized spacial score (nSPS) is 18.6. The van der Waals surface area contributed by atoms with Gasteiger partial charge in [0.1, 0.15) is 10.4 Å². The molecule has 3 aromatic rings. The standard InChI is InChI=1S/C25H27N5O5S/c1-4-25(2,23(31)32)30-19-13-12-16(14-20(19)29(24(30)33)17-8-7-9-17)15-26-28(3)22-18-10-5-6-11-21(18)36(34,35)27-22/h5-6,10-15,17H,4,7-9H2,1-3H3,(H,31,32)/b26-15+. The molecule has 1 N–H and O–H groups in total. The fourth-order valence-corrected chi connectivity index (χ4v) is 5.96. The number of hydrazone groups is 1. The molecule has 2 aromatic carbocycles. The Bertz CT molecular complexity index is 1610. The zero-order chi connectivity index (χ0) is 25.8. The van der Waals surface area contributed by atoms with Gasteiger partial charge < -0.3 is 5.11 Å². The molecule has 0 bridgehead atoms. The molecular weight excluding hydrogens is 482 g/mol. The number of carbonyl (C=O) groups is 1. The molecule has 1 saturated carbocycles. The second kappa shape index (κ2) is 8.44. The van der Waals surface area contributed by atoms with Gasteiger partial charge in [-0.05, 0) is 62.4 Å². The van der Waals surface area contributed by atoms with Crippen LogP contribution in [0, 0.1) is 0 Å². The molecule has 2 heterocycles. The Kier molecular flexibility index (Phi) is 5.62. The molecule has 1 atom stereocenters. The molecule has 0 saturated heterocycles. The van der Waals surface area contributed by atoms with Crippen LogP contribution in [0.2, 0.25) is 0 Å². The van der Waals surface area contributed by atoms with Crippen molar-refractivity contribution in [3.63, 3.8) is 0 Å². The quantitative estimate of drug-likeness (QED) is 0.402. The summed E-state index contributed by atoms with van der Waals surface area (Å²) in [5, 5.41) is 15.8. The van der Waals surface area contributed by atoms with E-state index in [-0.39, 0.29) is 28.9 Å². The first-order valence-electron chi connectivity index (χ1n) is 11.8. The van der Waals surface area contributed by atoms with Gasteiger partial charge in [-0.3, -0.25) is 9.13 Å². The van der Waals surface area contributed by atoms with Crippen LogP contribution < -0.4 is 5.69 Å². The number of sulfonamides is 1. The average Bonchev–Trinajstić information content (AvgIpc) is 3.26. The highest BCUT2D eigenvalue weighted by Crippen LogP contribution is 2.35. The predicted molar refractivity (Wildman–Crippen MR) is 136 cm³/mol. The third kappa shape index (κ3) is 3.57. The third-order valence-electron chi connectivity index (χ3n) is 7.28. The van der Waals surface area contributed by atoms with Crippen molar-refractivity contribution < 1.29 is 18.3 Å². The summed E-state index contributed by atoms with van der Waals surface area (Å²) in [6, 6.07) is 11.9. The van der Waals surface area contributed by atoms with Gasteiger partial charge in [0.25, 0.3) is 10.0 Å². The van der Waals surface area contributed by atoms with Crippen molar-refractivity contribution in [2.45, 2.75) is 56.0 Å². The zero-order valence-corrected chi connectivity index (χ0v) is 21.1. The van der Waals surface area contributed by atoms with E-state index in [1.165, 1.54) is 15.6 Å². The van der Waals surface area contributed by atoms with Gasteiger partial charge >= 0.3 is 11.7 Å². The van der Waals surface area contributed by atoms with Crippen LogP contribution in [0.4, 0.5) is 0 Å². The number of fused-ring (bicyclic) bond motifs is 2. The monoisotopic (exact) mass is 509 g/mol. The molecule has 36 heavy (non-hydrogen) atoms. The molecule has 1 aliphatic heterocycles. The summed E-state index contributed by atoms with van der Waals surface area (Å²) in [5.74, 6) is -0.833. The van der Waals surface area contributed by atoms with E-state index in [2.05, 4.69) is 9.50 Å². The molecule has 0 spiro atoms. The Morgan fingerprint density at radius 1 is 1.25 bits per heavy atom. The van der Waals surface area contributed by atoms with Gasteiger partial charge in [0.15, 0.2) is 5.84 Å². The first-order chi connectivity index (χ1) is 17.1. The van der Waals surface area contributed by atoms with Crippen LogP contribution in [0.15, 0.2) is 61.7 Å². The van der Waals surface area contributed by atoms with Crippen molar-refractivity contribution in [3.05, 3.63) is 64.1 Å². The lowest BCUT2D eigenvalue weighted by Gasteiger charge is -2.27. The van der Waals surface area contributed by atoms with Gasteiger partial charge in [0.05, 0.1) is 17.2 Å². The maximum atomic E-state index is 13.5. The fourth-order valence-electron chi connectivity index (χ4n) is 4.73. The average molecular weight is 510 g/mol. The van der Waals surface area contributed by atoms with Crippen LogP contribution in [0.1, 0.15) is 56.7 Å². The van der Waals surface area contributed by atoms with Gasteiger partial charge in [-0.15, -0.1) is 4.40 Å². The van der Waals surface area contributed by atoms with E-state index in [9.17, 15) is 23.1 Å². The van der Waals surface area contributed by atoms with Crippen molar-refractivity contribution in [1.29, 1.82) is 0 Å². The highest BCUT2D eigenvalue weighted by Gasteiger charge is 2.38. The summed E-state index contributed by atoms with van der Waals surface area (Å²) in [4.78, 5) is 25.8. The Labute approximate surface area is 208 Å². The van der Waals surface area contributed by atoms with Crippen molar-refractivity contribution >= 4 is 39.1 Å². The number of carboxylic acids is 1. The lowest BCUT2D eigenvalue weighted by Crippen LogP contribution is -2.45. The minimum absolute atomic E-state index is 0.0283. The minimum Gasteiger partial charge on any atom is -0.479 e. The molecule has 1 aromatic heterocycles. The Morgan fingerprint density at radius 2 is 1.97 bits per heavy atom. The smallest absolute Gasteiger partial charge is 0.330 e. The molecule has 2 aliphatic rings. The van der Waals surface area contributed by atoms with Gasteiger partial charge in [-0.1, -0.05) is 25.1 Å². The number of amidine groups is 1. The molecule has 1 unspecified atom stereocenters. The Morgan fingerprint density at radius 3 is 2.61 bits per heavy atom. The van der Waals surface area contributed by atoms with Crippen LogP contribution in [0.5, 0.6) is 0 Å². The molecule has 10 nitrogen and oxygen atoms in total. The van der Waals surface area contributed by atoms with Crippen LogP contribution >= 0.6 is 0 Å². The molecule has 1 fully saturated rings. The van der Waals surface area contributed by atoms with E-state index >= 15 is 0 Å². The van der Waals surface area contributed by atoms with E-state index in [1.54, 1.807) is 62.0 Å². The molecule has 0 amide bonds. The van der Waals surface area contributed by atoms with Crippen molar-refractivity contribution in [3.8, 4) is 0 Å². The number of rotatable bonds is 6. The van der Waals surface area contributed by atoms with E-state index < -0.39 is 21.5 Å². The number of aliphatic carboxylic acids is 1. The zero-order valence-electron chi connectivity index (χ0n) is 20.2. The Hall–Kier alpha value is -3.73. The fraction of sp³-hybridized carbons (Fsp3) is 0.360. The lowest BCUT2D eigenvalue weighted by molar-refractivity contribution is -0.146. The van der Waals surface area contributed by atoms with Gasteiger partial charge in [0.2, 0.25) is 0 Å². The number of hydrogen-bond acceptors (Lipinski definition) is 6. The second-order valence-electron chi connectivity index (χ2n) is 9.41. The summed E-state index contributed by atoms with van der Waals surface area (Å²) in [6.45, 7) is 3.33. The number of carboxylic acid groups (broad SMARTS) is 1. The van der Waals surface area contributed by atoms with E-state index in [1.807, 2.05) is 6.07 Å².